The first kappa shape index (κ1) is 7.99. The van der Waals surface area contributed by atoms with Crippen molar-refractivity contribution in [3.63, 3.8) is 0 Å². The first-order valence-corrected chi connectivity index (χ1v) is 4.11. The molecule has 0 aromatic rings. The van der Waals surface area contributed by atoms with Crippen molar-refractivity contribution in [1.29, 1.82) is 0 Å². The SMILES string of the molecule is CC(C)N1CCCCC1F. The molecule has 1 unspecified atom stereocenters. The van der Waals surface area contributed by atoms with Gasteiger partial charge in [0.2, 0.25) is 0 Å². The molecule has 2 heteroatoms. The van der Waals surface area contributed by atoms with E-state index in [0.717, 1.165) is 19.4 Å². The van der Waals surface area contributed by atoms with Gasteiger partial charge in [-0.15, -0.1) is 0 Å². The van der Waals surface area contributed by atoms with Gasteiger partial charge in [-0.05, 0) is 33.1 Å². The molecule has 0 spiro atoms. The third-order valence-electron chi connectivity index (χ3n) is 2.13. The van der Waals surface area contributed by atoms with Crippen LogP contribution in [0.1, 0.15) is 33.1 Å². The summed E-state index contributed by atoms with van der Waals surface area (Å²) >= 11 is 0. The molecule has 0 saturated carbocycles. The highest BCUT2D eigenvalue weighted by molar-refractivity contribution is 4.71. The summed E-state index contributed by atoms with van der Waals surface area (Å²) in [5, 5.41) is 0. The molecule has 0 bridgehead atoms. The van der Waals surface area contributed by atoms with Crippen molar-refractivity contribution in [2.24, 2.45) is 0 Å². The van der Waals surface area contributed by atoms with Gasteiger partial charge in [0.15, 0.2) is 6.30 Å². The molecule has 1 aliphatic heterocycles. The fourth-order valence-corrected chi connectivity index (χ4v) is 1.49. The van der Waals surface area contributed by atoms with Crippen molar-refractivity contribution in [3.05, 3.63) is 0 Å². The molecule has 0 amide bonds. The number of hydrogen-bond acceptors (Lipinski definition) is 1. The third-order valence-corrected chi connectivity index (χ3v) is 2.13. The molecule has 60 valence electrons. The number of piperidine rings is 1. The maximum atomic E-state index is 13.0. The van der Waals surface area contributed by atoms with Gasteiger partial charge in [0.05, 0.1) is 0 Å². The molecule has 1 aliphatic rings. The zero-order chi connectivity index (χ0) is 7.56. The third kappa shape index (κ3) is 1.69. The van der Waals surface area contributed by atoms with Crippen molar-refractivity contribution < 1.29 is 4.39 Å². The maximum absolute atomic E-state index is 13.0. The Morgan fingerprint density at radius 1 is 1.40 bits per heavy atom. The number of hydrogen-bond donors (Lipinski definition) is 0. The summed E-state index contributed by atoms with van der Waals surface area (Å²) in [6.45, 7) is 5.05. The van der Waals surface area contributed by atoms with E-state index in [9.17, 15) is 4.39 Å². The van der Waals surface area contributed by atoms with E-state index in [1.54, 1.807) is 0 Å². The molecule has 0 aliphatic carbocycles. The minimum absolute atomic E-state index is 0.371. The van der Waals surface area contributed by atoms with Crippen LogP contribution < -0.4 is 0 Å². The summed E-state index contributed by atoms with van der Waals surface area (Å²) in [5.41, 5.74) is 0. The Morgan fingerprint density at radius 3 is 2.50 bits per heavy atom. The van der Waals surface area contributed by atoms with Crippen molar-refractivity contribution in [2.45, 2.75) is 45.4 Å². The predicted octanol–water partition coefficient (Wildman–Crippen LogP) is 2.18. The van der Waals surface area contributed by atoms with Gasteiger partial charge in [0.25, 0.3) is 0 Å². The van der Waals surface area contributed by atoms with E-state index in [2.05, 4.69) is 13.8 Å². The summed E-state index contributed by atoms with van der Waals surface area (Å²) in [5.74, 6) is 0. The van der Waals surface area contributed by atoms with Crippen molar-refractivity contribution in [3.8, 4) is 0 Å². The standard InChI is InChI=1S/C8H16FN/c1-7(2)10-6-4-3-5-8(10)9/h7-8H,3-6H2,1-2H3. The summed E-state index contributed by atoms with van der Waals surface area (Å²) in [6, 6.07) is 0.371. The number of alkyl halides is 1. The van der Waals surface area contributed by atoms with E-state index in [0.29, 0.717) is 6.04 Å². The first-order valence-electron chi connectivity index (χ1n) is 4.11. The maximum Gasteiger partial charge on any atom is 0.153 e. The molecule has 0 N–H and O–H groups in total. The van der Waals surface area contributed by atoms with Gasteiger partial charge in [0.1, 0.15) is 0 Å². The van der Waals surface area contributed by atoms with Gasteiger partial charge in [-0.3, -0.25) is 4.90 Å². The molecule has 10 heavy (non-hydrogen) atoms. The number of halogens is 1. The van der Waals surface area contributed by atoms with Crippen molar-refractivity contribution in [2.75, 3.05) is 6.54 Å². The van der Waals surface area contributed by atoms with E-state index in [4.69, 9.17) is 0 Å². The minimum atomic E-state index is -0.672. The summed E-state index contributed by atoms with van der Waals surface area (Å²) in [6.07, 6.45) is 2.29. The van der Waals surface area contributed by atoms with Gasteiger partial charge in [-0.1, -0.05) is 0 Å². The van der Waals surface area contributed by atoms with Crippen molar-refractivity contribution >= 4 is 0 Å². The topological polar surface area (TPSA) is 3.24 Å². The van der Waals surface area contributed by atoms with Gasteiger partial charge < -0.3 is 0 Å². The van der Waals surface area contributed by atoms with E-state index < -0.39 is 6.30 Å². The van der Waals surface area contributed by atoms with E-state index in [1.807, 2.05) is 4.90 Å². The van der Waals surface area contributed by atoms with E-state index in [1.165, 1.54) is 6.42 Å². The normalized spacial score (nSPS) is 29.4. The van der Waals surface area contributed by atoms with Crippen LogP contribution in [0.5, 0.6) is 0 Å². The summed E-state index contributed by atoms with van der Waals surface area (Å²) < 4.78 is 13.0. The molecule has 1 heterocycles. The Bertz CT molecular complexity index is 103. The van der Waals surface area contributed by atoms with Crippen molar-refractivity contribution in [1.82, 2.24) is 4.90 Å². The lowest BCUT2D eigenvalue weighted by atomic mass is 10.1. The highest BCUT2D eigenvalue weighted by atomic mass is 19.1. The van der Waals surface area contributed by atoms with Crippen LogP contribution in [0.3, 0.4) is 0 Å². The quantitative estimate of drug-likeness (QED) is 0.511. The molecule has 0 aromatic heterocycles. The molecule has 1 atom stereocenters. The van der Waals surface area contributed by atoms with Gasteiger partial charge in [0, 0.05) is 12.6 Å². The summed E-state index contributed by atoms with van der Waals surface area (Å²) in [4.78, 5) is 1.93. The van der Waals surface area contributed by atoms with Crippen LogP contribution in [-0.4, -0.2) is 23.8 Å². The lowest BCUT2D eigenvalue weighted by molar-refractivity contribution is 0.0218. The number of rotatable bonds is 1. The van der Waals surface area contributed by atoms with E-state index >= 15 is 0 Å². The van der Waals surface area contributed by atoms with Crippen LogP contribution in [0.15, 0.2) is 0 Å². The second-order valence-corrected chi connectivity index (χ2v) is 3.26. The number of likely N-dealkylation sites (tertiary alicyclic amines) is 1. The van der Waals surface area contributed by atoms with Crippen LogP contribution in [0.25, 0.3) is 0 Å². The molecule has 0 radical (unpaired) electrons. The predicted molar refractivity (Wildman–Crippen MR) is 40.6 cm³/mol. The molecule has 1 rings (SSSR count). The van der Waals surface area contributed by atoms with Crippen LogP contribution in [-0.2, 0) is 0 Å². The van der Waals surface area contributed by atoms with Crippen LogP contribution in [0.2, 0.25) is 0 Å². The molecule has 1 nitrogen and oxygen atoms in total. The molecule has 1 fully saturated rings. The fourth-order valence-electron chi connectivity index (χ4n) is 1.49. The molecular weight excluding hydrogens is 129 g/mol. The largest absolute Gasteiger partial charge is 0.272 e. The first-order chi connectivity index (χ1) is 4.72. The fraction of sp³-hybridized carbons (Fsp3) is 1.00. The second-order valence-electron chi connectivity index (χ2n) is 3.26. The Balaban J connectivity index is 2.40. The lowest BCUT2D eigenvalue weighted by Crippen LogP contribution is -2.41. The van der Waals surface area contributed by atoms with Crippen LogP contribution >= 0.6 is 0 Å². The van der Waals surface area contributed by atoms with Gasteiger partial charge >= 0.3 is 0 Å². The lowest BCUT2D eigenvalue weighted by Gasteiger charge is -2.33. The Labute approximate surface area is 62.2 Å². The Kier molecular flexibility index (Phi) is 2.66. The monoisotopic (exact) mass is 145 g/mol. The highest BCUT2D eigenvalue weighted by Gasteiger charge is 2.23. The van der Waals surface area contributed by atoms with Crippen LogP contribution in [0.4, 0.5) is 4.39 Å². The summed E-state index contributed by atoms with van der Waals surface area (Å²) in [7, 11) is 0. The highest BCUT2D eigenvalue weighted by Crippen LogP contribution is 2.19. The van der Waals surface area contributed by atoms with Crippen LogP contribution in [0, 0.1) is 0 Å². The smallest absolute Gasteiger partial charge is 0.153 e. The molecule has 1 saturated heterocycles. The van der Waals surface area contributed by atoms with E-state index in [-0.39, 0.29) is 0 Å². The molecular formula is C8H16FN. The Hall–Kier alpha value is -0.110. The minimum Gasteiger partial charge on any atom is -0.272 e. The van der Waals surface area contributed by atoms with Gasteiger partial charge in [-0.2, -0.15) is 0 Å². The second kappa shape index (κ2) is 3.33. The zero-order valence-corrected chi connectivity index (χ0v) is 6.81. The average molecular weight is 145 g/mol. The zero-order valence-electron chi connectivity index (χ0n) is 6.81. The average Bonchev–Trinajstić information content (AvgIpc) is 1.88. The van der Waals surface area contributed by atoms with Gasteiger partial charge in [-0.25, -0.2) is 4.39 Å². The molecule has 0 aromatic carbocycles. The Morgan fingerprint density at radius 2 is 2.10 bits per heavy atom. The number of nitrogens with zero attached hydrogens (tertiary/aromatic N) is 1.